The number of nitrogens with one attached hydrogen (secondary N) is 1. The molecule has 1 saturated carbocycles. The molecule has 0 spiro atoms. The van der Waals surface area contributed by atoms with Crippen molar-refractivity contribution in [2.24, 2.45) is 5.92 Å². The zero-order valence-electron chi connectivity index (χ0n) is 12.1. The first-order valence-corrected chi connectivity index (χ1v) is 7.61. The standard InChI is InChI=1S/C15H30N2/c1-5-12(3)14-11-17(13(6-2)10-16-14)15(4)8-7-9-15/h12-14,16H,5-11H2,1-4H3. The summed E-state index contributed by atoms with van der Waals surface area (Å²) >= 11 is 0. The van der Waals surface area contributed by atoms with Crippen LogP contribution in [0.2, 0.25) is 0 Å². The van der Waals surface area contributed by atoms with E-state index >= 15 is 0 Å². The van der Waals surface area contributed by atoms with Gasteiger partial charge in [-0.25, -0.2) is 0 Å². The fraction of sp³-hybridized carbons (Fsp3) is 1.00. The van der Waals surface area contributed by atoms with Crippen LogP contribution in [0.1, 0.15) is 59.8 Å². The fourth-order valence-electron chi connectivity index (χ4n) is 3.49. The maximum absolute atomic E-state index is 3.78. The van der Waals surface area contributed by atoms with Crippen LogP contribution in [-0.4, -0.2) is 35.6 Å². The predicted octanol–water partition coefficient (Wildman–Crippen LogP) is 3.03. The van der Waals surface area contributed by atoms with Crippen LogP contribution in [-0.2, 0) is 0 Å². The van der Waals surface area contributed by atoms with Crippen molar-refractivity contribution in [3.63, 3.8) is 0 Å². The van der Waals surface area contributed by atoms with Crippen molar-refractivity contribution >= 4 is 0 Å². The number of hydrogen-bond acceptors (Lipinski definition) is 2. The first-order valence-electron chi connectivity index (χ1n) is 7.61. The maximum Gasteiger partial charge on any atom is 0.0224 e. The average Bonchev–Trinajstić information content (AvgIpc) is 2.34. The molecule has 0 aromatic carbocycles. The molecule has 2 rings (SSSR count). The Kier molecular flexibility index (Phi) is 4.14. The van der Waals surface area contributed by atoms with E-state index in [1.165, 1.54) is 45.2 Å². The molecule has 17 heavy (non-hydrogen) atoms. The topological polar surface area (TPSA) is 15.3 Å². The molecular formula is C15H30N2. The molecule has 1 saturated heterocycles. The molecule has 2 heteroatoms. The van der Waals surface area contributed by atoms with Crippen molar-refractivity contribution in [1.29, 1.82) is 0 Å². The molecule has 3 unspecified atom stereocenters. The Balaban J connectivity index is 2.03. The summed E-state index contributed by atoms with van der Waals surface area (Å²) in [7, 11) is 0. The number of piperazine rings is 1. The summed E-state index contributed by atoms with van der Waals surface area (Å²) in [5, 5.41) is 3.78. The van der Waals surface area contributed by atoms with E-state index in [0.29, 0.717) is 11.6 Å². The average molecular weight is 238 g/mol. The molecule has 0 aromatic heterocycles. The van der Waals surface area contributed by atoms with Gasteiger partial charge in [-0.2, -0.15) is 0 Å². The monoisotopic (exact) mass is 238 g/mol. The molecule has 2 aliphatic rings. The van der Waals surface area contributed by atoms with Crippen LogP contribution in [0.5, 0.6) is 0 Å². The highest BCUT2D eigenvalue weighted by Gasteiger charge is 2.43. The van der Waals surface area contributed by atoms with Gasteiger partial charge in [0.1, 0.15) is 0 Å². The van der Waals surface area contributed by atoms with E-state index in [1.807, 2.05) is 0 Å². The quantitative estimate of drug-likeness (QED) is 0.810. The van der Waals surface area contributed by atoms with Crippen LogP contribution in [0.25, 0.3) is 0 Å². The van der Waals surface area contributed by atoms with Gasteiger partial charge in [-0.05, 0) is 38.5 Å². The zero-order chi connectivity index (χ0) is 12.5. The molecule has 2 fully saturated rings. The van der Waals surface area contributed by atoms with Crippen LogP contribution < -0.4 is 5.32 Å². The highest BCUT2D eigenvalue weighted by atomic mass is 15.3. The van der Waals surface area contributed by atoms with Gasteiger partial charge in [0.05, 0.1) is 0 Å². The van der Waals surface area contributed by atoms with Gasteiger partial charge >= 0.3 is 0 Å². The number of rotatable bonds is 4. The van der Waals surface area contributed by atoms with Crippen molar-refractivity contribution in [3.05, 3.63) is 0 Å². The van der Waals surface area contributed by atoms with E-state index in [1.54, 1.807) is 0 Å². The Morgan fingerprint density at radius 2 is 2.06 bits per heavy atom. The minimum Gasteiger partial charge on any atom is -0.311 e. The van der Waals surface area contributed by atoms with Crippen molar-refractivity contribution < 1.29 is 0 Å². The minimum absolute atomic E-state index is 0.522. The lowest BCUT2D eigenvalue weighted by Gasteiger charge is -2.55. The number of nitrogens with zero attached hydrogens (tertiary/aromatic N) is 1. The molecular weight excluding hydrogens is 208 g/mol. The largest absolute Gasteiger partial charge is 0.311 e. The molecule has 1 aliphatic heterocycles. The van der Waals surface area contributed by atoms with Crippen molar-refractivity contribution in [1.82, 2.24) is 10.2 Å². The molecule has 1 heterocycles. The summed E-state index contributed by atoms with van der Waals surface area (Å²) in [6.07, 6.45) is 6.84. The lowest BCUT2D eigenvalue weighted by atomic mass is 9.75. The maximum atomic E-state index is 3.78. The van der Waals surface area contributed by atoms with Crippen LogP contribution >= 0.6 is 0 Å². The predicted molar refractivity (Wildman–Crippen MR) is 74.3 cm³/mol. The molecule has 0 amide bonds. The molecule has 0 aromatic rings. The van der Waals surface area contributed by atoms with E-state index in [0.717, 1.165) is 12.0 Å². The molecule has 1 aliphatic carbocycles. The highest BCUT2D eigenvalue weighted by molar-refractivity contribution is 5.01. The Morgan fingerprint density at radius 3 is 2.53 bits per heavy atom. The molecule has 0 bridgehead atoms. The number of hydrogen-bond donors (Lipinski definition) is 1. The highest BCUT2D eigenvalue weighted by Crippen LogP contribution is 2.40. The Hall–Kier alpha value is -0.0800. The first kappa shape index (κ1) is 13.4. The van der Waals surface area contributed by atoms with Crippen molar-refractivity contribution in [2.75, 3.05) is 13.1 Å². The van der Waals surface area contributed by atoms with Crippen molar-refractivity contribution in [2.45, 2.75) is 77.4 Å². The van der Waals surface area contributed by atoms with Gasteiger partial charge in [-0.1, -0.05) is 27.2 Å². The summed E-state index contributed by atoms with van der Waals surface area (Å²) < 4.78 is 0. The Bertz CT molecular complexity index is 247. The second-order valence-corrected chi connectivity index (χ2v) is 6.47. The third kappa shape index (κ3) is 2.53. The minimum atomic E-state index is 0.522. The van der Waals surface area contributed by atoms with Crippen molar-refractivity contribution in [3.8, 4) is 0 Å². The summed E-state index contributed by atoms with van der Waals surface area (Å²) in [6.45, 7) is 12.0. The zero-order valence-corrected chi connectivity index (χ0v) is 12.1. The van der Waals surface area contributed by atoms with Gasteiger partial charge in [0.2, 0.25) is 0 Å². The van der Waals surface area contributed by atoms with Gasteiger partial charge in [0, 0.05) is 30.7 Å². The van der Waals surface area contributed by atoms with E-state index in [4.69, 9.17) is 0 Å². The Labute approximate surface area is 107 Å². The van der Waals surface area contributed by atoms with Crippen LogP contribution in [0, 0.1) is 5.92 Å². The second-order valence-electron chi connectivity index (χ2n) is 6.47. The van der Waals surface area contributed by atoms with Gasteiger partial charge in [0.15, 0.2) is 0 Å². The fourth-order valence-corrected chi connectivity index (χ4v) is 3.49. The molecule has 0 radical (unpaired) electrons. The van der Waals surface area contributed by atoms with Gasteiger partial charge in [-0.3, -0.25) is 4.90 Å². The van der Waals surface area contributed by atoms with E-state index < -0.39 is 0 Å². The first-order chi connectivity index (χ1) is 8.10. The lowest BCUT2D eigenvalue weighted by molar-refractivity contribution is -0.0356. The normalized spacial score (nSPS) is 35.3. The molecule has 100 valence electrons. The van der Waals surface area contributed by atoms with Gasteiger partial charge in [-0.15, -0.1) is 0 Å². The molecule has 3 atom stereocenters. The van der Waals surface area contributed by atoms with Gasteiger partial charge in [0.25, 0.3) is 0 Å². The molecule has 1 N–H and O–H groups in total. The molecule has 2 nitrogen and oxygen atoms in total. The van der Waals surface area contributed by atoms with E-state index in [2.05, 4.69) is 37.9 Å². The third-order valence-electron chi connectivity index (χ3n) is 5.38. The summed E-state index contributed by atoms with van der Waals surface area (Å²) in [4.78, 5) is 2.84. The third-order valence-corrected chi connectivity index (χ3v) is 5.38. The smallest absolute Gasteiger partial charge is 0.0224 e. The second kappa shape index (κ2) is 5.27. The Morgan fingerprint density at radius 1 is 1.35 bits per heavy atom. The van der Waals surface area contributed by atoms with Crippen LogP contribution in [0.15, 0.2) is 0 Å². The van der Waals surface area contributed by atoms with Crippen LogP contribution in [0.3, 0.4) is 0 Å². The van der Waals surface area contributed by atoms with E-state index in [9.17, 15) is 0 Å². The SMILES string of the molecule is CCC(C)C1CN(C2(C)CCC2)C(CC)CN1. The van der Waals surface area contributed by atoms with Gasteiger partial charge < -0.3 is 5.32 Å². The summed E-state index contributed by atoms with van der Waals surface area (Å²) in [5.41, 5.74) is 0.522. The van der Waals surface area contributed by atoms with E-state index in [-0.39, 0.29) is 0 Å². The van der Waals surface area contributed by atoms with Crippen LogP contribution in [0.4, 0.5) is 0 Å². The summed E-state index contributed by atoms with van der Waals surface area (Å²) in [6, 6.07) is 1.47. The lowest BCUT2D eigenvalue weighted by Crippen LogP contribution is -2.66. The summed E-state index contributed by atoms with van der Waals surface area (Å²) in [5.74, 6) is 0.805.